The molecule has 12 heteroatoms. The summed E-state index contributed by atoms with van der Waals surface area (Å²) in [7, 11) is -4.07. The standard InChI is InChI=1S/C29H30Cl2N4O5S/c1-29(2,3)40-28(37)34-20-13-24-25(14-19(15-32-24)33-27(36)26-22(30)8-5-9-23(26)31)35(16-20)41(38,39)21-7-4-6-18(12-21)17-10-11-17/h4-9,12,14-15,17,20H,10-11,13,16H2,1-3H3,(H,33,36)(H,34,37). The van der Waals surface area contributed by atoms with E-state index in [1.807, 2.05) is 6.07 Å². The van der Waals surface area contributed by atoms with Gasteiger partial charge in [0.25, 0.3) is 15.9 Å². The fourth-order valence-electron chi connectivity index (χ4n) is 4.70. The number of pyridine rings is 1. The number of hydrogen-bond donors (Lipinski definition) is 2. The van der Waals surface area contributed by atoms with Crippen LogP contribution in [0.15, 0.2) is 59.6 Å². The maximum Gasteiger partial charge on any atom is 0.407 e. The minimum Gasteiger partial charge on any atom is -0.444 e. The second-order valence-electron chi connectivity index (χ2n) is 11.2. The molecule has 2 aromatic carbocycles. The number of fused-ring (bicyclic) bond motifs is 1. The third kappa shape index (κ3) is 6.60. The second-order valence-corrected chi connectivity index (χ2v) is 13.8. The van der Waals surface area contributed by atoms with Gasteiger partial charge in [-0.05, 0) is 75.4 Å². The number of halogens is 2. The summed E-state index contributed by atoms with van der Waals surface area (Å²) in [5.74, 6) is -0.199. The molecule has 0 radical (unpaired) electrons. The van der Waals surface area contributed by atoms with Gasteiger partial charge in [0.15, 0.2) is 0 Å². The molecule has 1 aliphatic carbocycles. The summed E-state index contributed by atoms with van der Waals surface area (Å²) in [6.45, 7) is 5.19. The van der Waals surface area contributed by atoms with E-state index in [2.05, 4.69) is 15.6 Å². The molecular weight excluding hydrogens is 587 g/mol. The van der Waals surface area contributed by atoms with E-state index in [1.165, 1.54) is 10.5 Å². The predicted molar refractivity (Wildman–Crippen MR) is 158 cm³/mol. The smallest absolute Gasteiger partial charge is 0.407 e. The lowest BCUT2D eigenvalue weighted by molar-refractivity contribution is 0.0505. The highest BCUT2D eigenvalue weighted by molar-refractivity contribution is 7.92. The molecule has 1 unspecified atom stereocenters. The molecule has 0 saturated heterocycles. The summed E-state index contributed by atoms with van der Waals surface area (Å²) in [6, 6.07) is 12.6. The number of alkyl carbamates (subject to hydrolysis) is 1. The molecular formula is C29H30Cl2N4O5S. The Kier molecular flexibility index (Phi) is 7.93. The third-order valence-electron chi connectivity index (χ3n) is 6.71. The van der Waals surface area contributed by atoms with Crippen LogP contribution in [0.4, 0.5) is 16.2 Å². The molecule has 41 heavy (non-hydrogen) atoms. The number of benzene rings is 2. The number of nitrogens with zero attached hydrogens (tertiary/aromatic N) is 2. The highest BCUT2D eigenvalue weighted by atomic mass is 35.5. The van der Waals surface area contributed by atoms with Gasteiger partial charge in [0.05, 0.1) is 56.4 Å². The van der Waals surface area contributed by atoms with Crippen LogP contribution in [0.25, 0.3) is 0 Å². The molecule has 2 amide bonds. The van der Waals surface area contributed by atoms with Crippen LogP contribution in [0.2, 0.25) is 10.0 Å². The van der Waals surface area contributed by atoms with Crippen molar-refractivity contribution in [2.24, 2.45) is 0 Å². The van der Waals surface area contributed by atoms with Gasteiger partial charge in [0.2, 0.25) is 0 Å². The summed E-state index contributed by atoms with van der Waals surface area (Å²) >= 11 is 12.4. The van der Waals surface area contributed by atoms with E-state index < -0.39 is 33.7 Å². The summed E-state index contributed by atoms with van der Waals surface area (Å²) in [4.78, 5) is 30.2. The monoisotopic (exact) mass is 616 g/mol. The van der Waals surface area contributed by atoms with Gasteiger partial charge in [-0.3, -0.25) is 14.1 Å². The molecule has 3 aromatic rings. The average molecular weight is 618 g/mol. The zero-order chi connectivity index (χ0) is 29.5. The van der Waals surface area contributed by atoms with E-state index in [9.17, 15) is 18.0 Å². The molecule has 1 fully saturated rings. The Labute approximate surface area is 249 Å². The van der Waals surface area contributed by atoms with Crippen LogP contribution in [-0.4, -0.2) is 43.6 Å². The van der Waals surface area contributed by atoms with Crippen LogP contribution in [0.5, 0.6) is 0 Å². The Morgan fingerprint density at radius 1 is 1.05 bits per heavy atom. The van der Waals surface area contributed by atoms with Gasteiger partial charge in [-0.15, -0.1) is 0 Å². The minimum atomic E-state index is -4.07. The van der Waals surface area contributed by atoms with E-state index >= 15 is 0 Å². The molecule has 2 heterocycles. The zero-order valence-corrected chi connectivity index (χ0v) is 25.1. The van der Waals surface area contributed by atoms with E-state index in [0.717, 1.165) is 18.4 Å². The fourth-order valence-corrected chi connectivity index (χ4v) is 6.85. The Morgan fingerprint density at radius 3 is 2.39 bits per heavy atom. The number of amides is 2. The zero-order valence-electron chi connectivity index (χ0n) is 22.8. The number of rotatable bonds is 6. The average Bonchev–Trinajstić information content (AvgIpc) is 3.73. The van der Waals surface area contributed by atoms with Gasteiger partial charge in [-0.25, -0.2) is 13.2 Å². The Morgan fingerprint density at radius 2 is 1.73 bits per heavy atom. The van der Waals surface area contributed by atoms with E-state index in [0.29, 0.717) is 17.3 Å². The van der Waals surface area contributed by atoms with Gasteiger partial charge < -0.3 is 15.4 Å². The summed E-state index contributed by atoms with van der Waals surface area (Å²) < 4.78 is 34.8. The Balaban J connectivity index is 1.50. The molecule has 9 nitrogen and oxygen atoms in total. The number of anilines is 2. The summed E-state index contributed by atoms with van der Waals surface area (Å²) in [5.41, 5.74) is 1.34. The van der Waals surface area contributed by atoms with Gasteiger partial charge >= 0.3 is 6.09 Å². The molecule has 0 bridgehead atoms. The summed E-state index contributed by atoms with van der Waals surface area (Å²) in [6.07, 6.45) is 3.09. The maximum absolute atomic E-state index is 14.1. The van der Waals surface area contributed by atoms with Crippen molar-refractivity contribution < 1.29 is 22.7 Å². The summed E-state index contributed by atoms with van der Waals surface area (Å²) in [5, 5.41) is 5.86. The molecule has 216 valence electrons. The quantitative estimate of drug-likeness (QED) is 0.342. The van der Waals surface area contributed by atoms with Crippen LogP contribution in [0, 0.1) is 0 Å². The number of carbonyl (C=O) groups is 2. The largest absolute Gasteiger partial charge is 0.444 e. The molecule has 2 N–H and O–H groups in total. The highest BCUT2D eigenvalue weighted by Crippen LogP contribution is 2.41. The third-order valence-corrected chi connectivity index (χ3v) is 9.11. The van der Waals surface area contributed by atoms with Crippen LogP contribution < -0.4 is 14.9 Å². The lowest BCUT2D eigenvalue weighted by Crippen LogP contribution is -2.51. The lowest BCUT2D eigenvalue weighted by atomic mass is 10.0. The van der Waals surface area contributed by atoms with Crippen molar-refractivity contribution in [3.8, 4) is 0 Å². The highest BCUT2D eigenvalue weighted by Gasteiger charge is 2.36. The SMILES string of the molecule is CC(C)(C)OC(=O)NC1Cc2ncc(NC(=O)c3c(Cl)cccc3Cl)cc2N(S(=O)(=O)c2cccc(C3CC3)c2)C1. The lowest BCUT2D eigenvalue weighted by Gasteiger charge is -2.35. The van der Waals surface area contributed by atoms with Crippen molar-refractivity contribution in [3.05, 3.63) is 81.6 Å². The van der Waals surface area contributed by atoms with Gasteiger partial charge in [-0.1, -0.05) is 41.4 Å². The fraction of sp³-hybridized carbons (Fsp3) is 0.345. The first kappa shape index (κ1) is 29.2. The van der Waals surface area contributed by atoms with Crippen molar-refractivity contribution in [2.45, 2.75) is 62.5 Å². The normalized spacial score (nSPS) is 17.0. The molecule has 2 aliphatic rings. The van der Waals surface area contributed by atoms with Crippen molar-refractivity contribution in [3.63, 3.8) is 0 Å². The van der Waals surface area contributed by atoms with Gasteiger partial charge in [-0.2, -0.15) is 0 Å². The molecule has 1 saturated carbocycles. The van der Waals surface area contributed by atoms with Crippen LogP contribution in [0.3, 0.4) is 0 Å². The first-order valence-corrected chi connectivity index (χ1v) is 15.4. The molecule has 1 atom stereocenters. The Hall–Kier alpha value is -3.34. The first-order valence-electron chi connectivity index (χ1n) is 13.2. The topological polar surface area (TPSA) is 118 Å². The predicted octanol–water partition coefficient (Wildman–Crippen LogP) is 6.16. The van der Waals surface area contributed by atoms with Crippen LogP contribution in [0.1, 0.15) is 61.1 Å². The number of carbonyl (C=O) groups excluding carboxylic acids is 2. The van der Waals surface area contributed by atoms with E-state index in [4.69, 9.17) is 27.9 Å². The first-order chi connectivity index (χ1) is 19.3. The molecule has 5 rings (SSSR count). The molecule has 0 spiro atoms. The van der Waals surface area contributed by atoms with Gasteiger partial charge in [0.1, 0.15) is 5.60 Å². The van der Waals surface area contributed by atoms with Crippen molar-refractivity contribution in [1.82, 2.24) is 10.3 Å². The van der Waals surface area contributed by atoms with Gasteiger partial charge in [0, 0.05) is 6.42 Å². The Bertz CT molecular complexity index is 1600. The second kappa shape index (κ2) is 11.2. The van der Waals surface area contributed by atoms with Crippen molar-refractivity contribution >= 4 is 56.6 Å². The van der Waals surface area contributed by atoms with E-state index in [1.54, 1.807) is 63.2 Å². The number of sulfonamides is 1. The molecule has 1 aliphatic heterocycles. The molecule has 1 aromatic heterocycles. The van der Waals surface area contributed by atoms with E-state index in [-0.39, 0.29) is 39.2 Å². The van der Waals surface area contributed by atoms with Crippen molar-refractivity contribution in [1.29, 1.82) is 0 Å². The number of ether oxygens (including phenoxy) is 1. The number of aromatic nitrogens is 1. The maximum atomic E-state index is 14.1. The van der Waals surface area contributed by atoms with Crippen LogP contribution in [-0.2, 0) is 21.2 Å². The van der Waals surface area contributed by atoms with Crippen LogP contribution >= 0.6 is 23.2 Å². The number of hydrogen-bond acceptors (Lipinski definition) is 6. The number of nitrogens with one attached hydrogen (secondary N) is 2. The minimum absolute atomic E-state index is 0.0579. The van der Waals surface area contributed by atoms with Crippen molar-refractivity contribution in [2.75, 3.05) is 16.2 Å².